The molecule has 1 aromatic carbocycles. The molecular weight excluding hydrogens is 552 g/mol. The summed E-state index contributed by atoms with van der Waals surface area (Å²) in [6, 6.07) is 4.91. The summed E-state index contributed by atoms with van der Waals surface area (Å²) >= 11 is 6.58. The zero-order valence-electron chi connectivity index (χ0n) is 22.1. The number of likely N-dealkylation sites (tertiary alicyclic amines) is 1. The molecule has 216 valence electrons. The minimum absolute atomic E-state index is 0.0461. The molecule has 4 heterocycles. The lowest BCUT2D eigenvalue weighted by molar-refractivity contribution is -0.137. The standard InChI is InChI=1S/C27H31ClF4N6O2/c1-39-10-9-38-14-16(29)11-17(38)15-40-26-34-22-13-18(24-20(27(30,31)32)5-6-23(33)35-24)21(28)12-19(22)25(36-26)37-7-3-2-4-8-37/h5-6,12-13,16-17H,2-4,7-11,14-15H2,1H3,(H2,33,35)/t16-,17+/m1/s1. The quantitative estimate of drug-likeness (QED) is 0.355. The van der Waals surface area contributed by atoms with Gasteiger partial charge in [-0.3, -0.25) is 4.90 Å². The zero-order chi connectivity index (χ0) is 28.4. The van der Waals surface area contributed by atoms with Crippen molar-refractivity contribution in [2.75, 3.05) is 57.1 Å². The van der Waals surface area contributed by atoms with Gasteiger partial charge in [-0.05, 0) is 49.9 Å². The number of ether oxygens (including phenoxy) is 2. The fourth-order valence-corrected chi connectivity index (χ4v) is 5.62. The van der Waals surface area contributed by atoms with Gasteiger partial charge in [0.1, 0.15) is 24.4 Å². The van der Waals surface area contributed by atoms with Crippen molar-refractivity contribution in [2.45, 2.75) is 44.1 Å². The van der Waals surface area contributed by atoms with Crippen LogP contribution in [0.2, 0.25) is 5.02 Å². The van der Waals surface area contributed by atoms with Gasteiger partial charge >= 0.3 is 12.2 Å². The van der Waals surface area contributed by atoms with Crippen LogP contribution in [0.4, 0.5) is 29.2 Å². The number of fused-ring (bicyclic) bond motifs is 1. The number of pyridine rings is 1. The van der Waals surface area contributed by atoms with Gasteiger partial charge in [0.05, 0.1) is 28.4 Å². The van der Waals surface area contributed by atoms with Crippen molar-refractivity contribution in [3.05, 3.63) is 34.9 Å². The number of anilines is 2. The van der Waals surface area contributed by atoms with E-state index in [1.165, 1.54) is 6.07 Å². The first-order valence-corrected chi connectivity index (χ1v) is 13.6. The van der Waals surface area contributed by atoms with Gasteiger partial charge < -0.3 is 20.1 Å². The van der Waals surface area contributed by atoms with E-state index in [4.69, 9.17) is 26.8 Å². The molecule has 0 amide bonds. The maximum atomic E-state index is 14.2. The molecule has 5 rings (SSSR count). The molecule has 0 spiro atoms. The normalized spacial score (nSPS) is 20.4. The molecule has 40 heavy (non-hydrogen) atoms. The van der Waals surface area contributed by atoms with Crippen LogP contribution in [0.15, 0.2) is 24.3 Å². The largest absolute Gasteiger partial charge is 0.462 e. The monoisotopic (exact) mass is 582 g/mol. The lowest BCUT2D eigenvalue weighted by Gasteiger charge is -2.29. The highest BCUT2D eigenvalue weighted by Gasteiger charge is 2.36. The minimum Gasteiger partial charge on any atom is -0.462 e. The van der Waals surface area contributed by atoms with E-state index in [0.717, 1.165) is 44.5 Å². The van der Waals surface area contributed by atoms with Crippen LogP contribution in [0.25, 0.3) is 22.2 Å². The summed E-state index contributed by atoms with van der Waals surface area (Å²) in [5.41, 5.74) is 4.82. The summed E-state index contributed by atoms with van der Waals surface area (Å²) in [5, 5.41) is 0.659. The number of halogens is 5. The number of methoxy groups -OCH3 is 1. The Morgan fingerprint density at radius 2 is 1.88 bits per heavy atom. The van der Waals surface area contributed by atoms with Crippen LogP contribution in [0.3, 0.4) is 0 Å². The van der Waals surface area contributed by atoms with E-state index in [1.807, 2.05) is 4.90 Å². The molecule has 0 bridgehead atoms. The summed E-state index contributed by atoms with van der Waals surface area (Å²) in [6.45, 7) is 3.01. The number of aromatic nitrogens is 3. The number of benzene rings is 1. The Balaban J connectivity index is 1.55. The third-order valence-corrected chi connectivity index (χ3v) is 7.65. The van der Waals surface area contributed by atoms with Crippen LogP contribution in [-0.2, 0) is 10.9 Å². The Kier molecular flexibility index (Phi) is 8.48. The van der Waals surface area contributed by atoms with E-state index in [1.54, 1.807) is 13.2 Å². The number of rotatable bonds is 8. The van der Waals surface area contributed by atoms with Crippen LogP contribution in [0.5, 0.6) is 6.01 Å². The van der Waals surface area contributed by atoms with E-state index in [2.05, 4.69) is 19.9 Å². The van der Waals surface area contributed by atoms with Gasteiger partial charge in [0.25, 0.3) is 0 Å². The Bertz CT molecular complexity index is 1350. The number of hydrogen-bond acceptors (Lipinski definition) is 8. The molecule has 2 saturated heterocycles. The van der Waals surface area contributed by atoms with Gasteiger partial charge in [-0.25, -0.2) is 9.37 Å². The van der Waals surface area contributed by atoms with Gasteiger partial charge in [-0.1, -0.05) is 11.6 Å². The second kappa shape index (κ2) is 11.9. The van der Waals surface area contributed by atoms with Crippen molar-refractivity contribution in [3.8, 4) is 17.3 Å². The smallest absolute Gasteiger partial charge is 0.418 e. The Morgan fingerprint density at radius 3 is 2.60 bits per heavy atom. The van der Waals surface area contributed by atoms with Crippen molar-refractivity contribution in [3.63, 3.8) is 0 Å². The lowest BCUT2D eigenvalue weighted by atomic mass is 10.0. The number of nitrogens with two attached hydrogens (primary N) is 1. The highest BCUT2D eigenvalue weighted by atomic mass is 35.5. The van der Waals surface area contributed by atoms with E-state index in [-0.39, 0.29) is 40.8 Å². The van der Waals surface area contributed by atoms with E-state index in [0.29, 0.717) is 42.8 Å². The number of piperidine rings is 1. The Labute approximate surface area is 234 Å². The fourth-order valence-electron chi connectivity index (χ4n) is 5.36. The molecule has 2 atom stereocenters. The summed E-state index contributed by atoms with van der Waals surface area (Å²) in [7, 11) is 1.59. The first-order valence-electron chi connectivity index (χ1n) is 13.2. The third-order valence-electron chi connectivity index (χ3n) is 7.34. The van der Waals surface area contributed by atoms with Crippen LogP contribution in [-0.4, -0.2) is 78.6 Å². The summed E-state index contributed by atoms with van der Waals surface area (Å²) in [4.78, 5) is 17.3. The van der Waals surface area contributed by atoms with Crippen LogP contribution < -0.4 is 15.4 Å². The molecule has 2 aliphatic heterocycles. The Morgan fingerprint density at radius 1 is 1.10 bits per heavy atom. The molecule has 2 N–H and O–H groups in total. The maximum absolute atomic E-state index is 14.2. The second-order valence-electron chi connectivity index (χ2n) is 10.1. The minimum atomic E-state index is -4.67. The highest BCUT2D eigenvalue weighted by molar-refractivity contribution is 6.34. The van der Waals surface area contributed by atoms with E-state index < -0.39 is 17.9 Å². The van der Waals surface area contributed by atoms with Crippen LogP contribution >= 0.6 is 11.6 Å². The molecule has 13 heteroatoms. The molecule has 2 fully saturated rings. The fraction of sp³-hybridized carbons (Fsp3) is 0.519. The molecule has 0 radical (unpaired) electrons. The topological polar surface area (TPSA) is 89.6 Å². The molecule has 2 aromatic heterocycles. The predicted octanol–water partition coefficient (Wildman–Crippen LogP) is 5.37. The lowest BCUT2D eigenvalue weighted by Crippen LogP contribution is -2.36. The molecule has 3 aromatic rings. The average molecular weight is 583 g/mol. The first kappa shape index (κ1) is 28.6. The molecule has 8 nitrogen and oxygen atoms in total. The van der Waals surface area contributed by atoms with Crippen molar-refractivity contribution in [2.24, 2.45) is 0 Å². The van der Waals surface area contributed by atoms with Gasteiger partial charge in [0.2, 0.25) is 0 Å². The van der Waals surface area contributed by atoms with Crippen molar-refractivity contribution >= 4 is 34.1 Å². The summed E-state index contributed by atoms with van der Waals surface area (Å²) in [5.74, 6) is 0.524. The highest BCUT2D eigenvalue weighted by Crippen LogP contribution is 2.41. The van der Waals surface area contributed by atoms with Crippen molar-refractivity contribution in [1.82, 2.24) is 19.9 Å². The number of hydrogen-bond donors (Lipinski definition) is 1. The Hall–Kier alpha value is -2.96. The summed E-state index contributed by atoms with van der Waals surface area (Å²) in [6.07, 6.45) is -2.27. The predicted molar refractivity (Wildman–Crippen MR) is 146 cm³/mol. The van der Waals surface area contributed by atoms with E-state index in [9.17, 15) is 17.6 Å². The van der Waals surface area contributed by atoms with Crippen molar-refractivity contribution in [1.29, 1.82) is 0 Å². The summed E-state index contributed by atoms with van der Waals surface area (Å²) < 4.78 is 66.9. The number of nitrogens with zero attached hydrogens (tertiary/aromatic N) is 5. The molecule has 0 unspecified atom stereocenters. The molecule has 0 aliphatic carbocycles. The molecule has 2 aliphatic rings. The van der Waals surface area contributed by atoms with E-state index >= 15 is 0 Å². The molecular formula is C27H31ClF4N6O2. The number of alkyl halides is 4. The van der Waals surface area contributed by atoms with Crippen molar-refractivity contribution < 1.29 is 27.0 Å². The van der Waals surface area contributed by atoms with Gasteiger partial charge in [-0.2, -0.15) is 23.1 Å². The van der Waals surface area contributed by atoms with Crippen LogP contribution in [0.1, 0.15) is 31.2 Å². The first-order chi connectivity index (χ1) is 19.1. The second-order valence-corrected chi connectivity index (χ2v) is 10.5. The molecule has 0 saturated carbocycles. The average Bonchev–Trinajstić information content (AvgIpc) is 3.28. The van der Waals surface area contributed by atoms with Gasteiger partial charge in [0, 0.05) is 50.3 Å². The van der Waals surface area contributed by atoms with Gasteiger partial charge in [0.15, 0.2) is 0 Å². The van der Waals surface area contributed by atoms with Gasteiger partial charge in [-0.15, -0.1) is 0 Å². The zero-order valence-corrected chi connectivity index (χ0v) is 22.8. The SMILES string of the molecule is COCCN1C[C@H](F)C[C@H]1COc1nc(N2CCCCC2)c2cc(Cl)c(-c3nc(N)ccc3C(F)(F)F)cc2n1. The maximum Gasteiger partial charge on any atom is 0.418 e. The number of nitrogen functional groups attached to an aromatic ring is 1. The van der Waals surface area contributed by atoms with Crippen LogP contribution in [0, 0.1) is 0 Å². The third kappa shape index (κ3) is 6.18.